The molecule has 1 aromatic carbocycles. The number of amides is 1. The summed E-state index contributed by atoms with van der Waals surface area (Å²) >= 11 is 0. The fourth-order valence-electron chi connectivity index (χ4n) is 3.72. The number of hydrogen-bond acceptors (Lipinski definition) is 7. The van der Waals surface area contributed by atoms with Crippen LogP contribution in [0.25, 0.3) is 5.69 Å². The Hall–Kier alpha value is -3.62. The largest absolute Gasteiger partial charge is 0.479 e. The maximum atomic E-state index is 13.2. The van der Waals surface area contributed by atoms with Crippen molar-refractivity contribution >= 4 is 17.5 Å². The van der Waals surface area contributed by atoms with E-state index in [9.17, 15) is 9.59 Å². The molecule has 1 amide bonds. The molecule has 9 nitrogen and oxygen atoms in total. The molecule has 1 atom stereocenters. The molecule has 3 aromatic rings. The Kier molecular flexibility index (Phi) is 5.51. The van der Waals surface area contributed by atoms with Crippen LogP contribution >= 0.6 is 0 Å². The zero-order chi connectivity index (χ0) is 21.1. The molecule has 0 saturated carbocycles. The van der Waals surface area contributed by atoms with Crippen molar-refractivity contribution in [3.05, 3.63) is 53.9 Å². The summed E-state index contributed by atoms with van der Waals surface area (Å²) in [4.78, 5) is 27.6. The number of methoxy groups -OCH3 is 1. The van der Waals surface area contributed by atoms with Crippen LogP contribution < -0.4 is 10.5 Å². The van der Waals surface area contributed by atoms with E-state index in [1.54, 1.807) is 11.0 Å². The molecule has 156 valence electrons. The van der Waals surface area contributed by atoms with Gasteiger partial charge in [-0.05, 0) is 30.1 Å². The molecule has 0 aliphatic carbocycles. The molecule has 1 unspecified atom stereocenters. The third kappa shape index (κ3) is 3.78. The lowest BCUT2D eigenvalue weighted by atomic mass is 10.0. The van der Waals surface area contributed by atoms with Crippen LogP contribution in [0.15, 0.2) is 47.1 Å². The Balaban J connectivity index is 1.46. The van der Waals surface area contributed by atoms with Gasteiger partial charge >= 0.3 is 0 Å². The third-order valence-corrected chi connectivity index (χ3v) is 5.28. The summed E-state index contributed by atoms with van der Waals surface area (Å²) in [5.74, 6) is 0.935. The second-order valence-electron chi connectivity index (χ2n) is 7.14. The van der Waals surface area contributed by atoms with Gasteiger partial charge < -0.3 is 19.9 Å². The van der Waals surface area contributed by atoms with E-state index in [4.69, 9.17) is 15.0 Å². The maximum absolute atomic E-state index is 13.2. The number of ketones is 1. The molecule has 4 rings (SSSR count). The Labute approximate surface area is 173 Å². The number of ether oxygens (including phenoxy) is 1. The number of likely N-dealkylation sites (tertiary alicyclic amines) is 1. The van der Waals surface area contributed by atoms with Gasteiger partial charge in [0.25, 0.3) is 5.88 Å². The van der Waals surface area contributed by atoms with Crippen molar-refractivity contribution in [3.63, 3.8) is 0 Å². The summed E-state index contributed by atoms with van der Waals surface area (Å²) in [5.41, 5.74) is 7.33. The molecule has 30 heavy (non-hydrogen) atoms. The number of aromatic nitrogens is 3. The number of anilines is 1. The lowest BCUT2D eigenvalue weighted by molar-refractivity contribution is -0.131. The molecule has 9 heteroatoms. The lowest BCUT2D eigenvalue weighted by Crippen LogP contribution is -2.40. The van der Waals surface area contributed by atoms with E-state index in [-0.39, 0.29) is 23.9 Å². The topological polar surface area (TPSA) is 116 Å². The van der Waals surface area contributed by atoms with Gasteiger partial charge in [0, 0.05) is 25.5 Å². The molecule has 1 fully saturated rings. The number of carbonyl (C=O) groups excluding carboxylic acids is 2. The molecule has 3 heterocycles. The molecule has 1 aliphatic heterocycles. The minimum Gasteiger partial charge on any atom is -0.479 e. The number of aryl methyl sites for hydroxylation is 1. The Morgan fingerprint density at radius 3 is 2.83 bits per heavy atom. The highest BCUT2D eigenvalue weighted by Crippen LogP contribution is 2.26. The first-order valence-corrected chi connectivity index (χ1v) is 9.80. The smallest absolute Gasteiger partial charge is 0.254 e. The van der Waals surface area contributed by atoms with E-state index in [0.717, 1.165) is 12.1 Å². The van der Waals surface area contributed by atoms with E-state index in [0.29, 0.717) is 36.6 Å². The van der Waals surface area contributed by atoms with Crippen LogP contribution in [0.3, 0.4) is 0 Å². The number of hydrogen-bond donors (Lipinski definition) is 1. The van der Waals surface area contributed by atoms with Gasteiger partial charge in [-0.15, -0.1) is 0 Å². The van der Waals surface area contributed by atoms with Crippen molar-refractivity contribution in [3.8, 4) is 11.6 Å². The van der Waals surface area contributed by atoms with Gasteiger partial charge in [-0.2, -0.15) is 5.10 Å². The van der Waals surface area contributed by atoms with Gasteiger partial charge in [0.1, 0.15) is 11.6 Å². The van der Waals surface area contributed by atoms with Gasteiger partial charge in [-0.25, -0.2) is 4.68 Å². The first kappa shape index (κ1) is 19.7. The first-order chi connectivity index (χ1) is 14.6. The number of para-hydroxylation sites is 1. The third-order valence-electron chi connectivity index (χ3n) is 5.28. The van der Waals surface area contributed by atoms with Crippen molar-refractivity contribution in [2.45, 2.75) is 31.7 Å². The molecule has 0 spiro atoms. The molecular formula is C21H23N5O4. The number of rotatable bonds is 7. The predicted molar refractivity (Wildman–Crippen MR) is 108 cm³/mol. The SMILES string of the molecule is COc1cc(CCC(=O)N2CCCC2C(=O)c2cnn(-c3ccccc3)c2N)on1. The normalized spacial score (nSPS) is 16.0. The van der Waals surface area contributed by atoms with Gasteiger partial charge in [0.15, 0.2) is 5.78 Å². The van der Waals surface area contributed by atoms with Crippen LogP contribution in [0.4, 0.5) is 5.82 Å². The fourth-order valence-corrected chi connectivity index (χ4v) is 3.72. The Morgan fingerprint density at radius 1 is 1.30 bits per heavy atom. The standard InChI is InChI=1S/C21H23N5O4/c1-29-18-12-15(30-24-18)9-10-19(27)25-11-5-8-17(25)20(28)16-13-23-26(21(16)22)14-6-3-2-4-7-14/h2-4,6-7,12-13,17H,5,8-11,22H2,1H3. The lowest BCUT2D eigenvalue weighted by Gasteiger charge is -2.23. The van der Waals surface area contributed by atoms with Crippen LogP contribution in [0.1, 0.15) is 35.4 Å². The zero-order valence-corrected chi connectivity index (χ0v) is 16.7. The second-order valence-corrected chi connectivity index (χ2v) is 7.14. The minimum atomic E-state index is -0.530. The van der Waals surface area contributed by atoms with E-state index < -0.39 is 6.04 Å². The van der Waals surface area contributed by atoms with E-state index in [2.05, 4.69) is 10.3 Å². The van der Waals surface area contributed by atoms with Crippen molar-refractivity contribution in [1.82, 2.24) is 19.8 Å². The summed E-state index contributed by atoms with van der Waals surface area (Å²) < 4.78 is 11.6. The molecule has 0 radical (unpaired) electrons. The van der Waals surface area contributed by atoms with Crippen LogP contribution in [0.2, 0.25) is 0 Å². The van der Waals surface area contributed by atoms with Gasteiger partial charge in [-0.1, -0.05) is 18.2 Å². The zero-order valence-electron chi connectivity index (χ0n) is 16.7. The predicted octanol–water partition coefficient (Wildman–Crippen LogP) is 2.26. The highest BCUT2D eigenvalue weighted by Gasteiger charge is 2.36. The van der Waals surface area contributed by atoms with Crippen molar-refractivity contribution in [2.75, 3.05) is 19.4 Å². The van der Waals surface area contributed by atoms with Crippen LogP contribution in [-0.2, 0) is 11.2 Å². The summed E-state index contributed by atoms with van der Waals surface area (Å²) in [6.45, 7) is 0.543. The number of Topliss-reactive ketones (excluding diaryl/α,β-unsaturated/α-hetero) is 1. The highest BCUT2D eigenvalue weighted by atomic mass is 16.5. The highest BCUT2D eigenvalue weighted by molar-refractivity contribution is 6.05. The minimum absolute atomic E-state index is 0.102. The molecular weight excluding hydrogens is 386 g/mol. The van der Waals surface area contributed by atoms with Crippen LogP contribution in [0.5, 0.6) is 5.88 Å². The summed E-state index contributed by atoms with van der Waals surface area (Å²) in [5, 5.41) is 8.00. The Morgan fingerprint density at radius 2 is 2.10 bits per heavy atom. The monoisotopic (exact) mass is 409 g/mol. The molecule has 2 N–H and O–H groups in total. The van der Waals surface area contributed by atoms with Crippen LogP contribution in [0, 0.1) is 0 Å². The van der Waals surface area contributed by atoms with Crippen molar-refractivity contribution in [2.24, 2.45) is 0 Å². The van der Waals surface area contributed by atoms with E-state index >= 15 is 0 Å². The number of benzene rings is 1. The van der Waals surface area contributed by atoms with Gasteiger partial charge in [0.05, 0.1) is 30.6 Å². The average Bonchev–Trinajstić information content (AvgIpc) is 3.51. The molecule has 2 aromatic heterocycles. The first-order valence-electron chi connectivity index (χ1n) is 9.80. The molecule has 1 saturated heterocycles. The summed E-state index contributed by atoms with van der Waals surface area (Å²) in [6, 6.07) is 10.5. The van der Waals surface area contributed by atoms with Crippen molar-refractivity contribution < 1.29 is 18.8 Å². The Bertz CT molecular complexity index is 1040. The summed E-state index contributed by atoms with van der Waals surface area (Å²) in [7, 11) is 1.50. The molecule has 0 bridgehead atoms. The number of carbonyl (C=O) groups is 2. The quantitative estimate of drug-likeness (QED) is 0.595. The average molecular weight is 409 g/mol. The number of nitrogen functional groups attached to an aromatic ring is 1. The maximum Gasteiger partial charge on any atom is 0.254 e. The van der Waals surface area contributed by atoms with Gasteiger partial charge in [-0.3, -0.25) is 9.59 Å². The summed E-state index contributed by atoms with van der Waals surface area (Å²) in [6.07, 6.45) is 3.47. The number of nitrogens with two attached hydrogens (primary N) is 1. The fraction of sp³-hybridized carbons (Fsp3) is 0.333. The van der Waals surface area contributed by atoms with Crippen LogP contribution in [-0.4, -0.2) is 51.2 Å². The van der Waals surface area contributed by atoms with E-state index in [1.807, 2.05) is 30.3 Å². The second kappa shape index (κ2) is 8.40. The number of nitrogens with zero attached hydrogens (tertiary/aromatic N) is 4. The van der Waals surface area contributed by atoms with Crippen molar-refractivity contribution in [1.29, 1.82) is 0 Å². The molecule has 1 aliphatic rings. The van der Waals surface area contributed by atoms with Gasteiger partial charge in [0.2, 0.25) is 5.91 Å². The van der Waals surface area contributed by atoms with E-state index in [1.165, 1.54) is 18.0 Å².